The number of aromatic hydroxyl groups is 2. The second-order valence-electron chi connectivity index (χ2n) is 8.02. The van der Waals surface area contributed by atoms with Crippen molar-refractivity contribution in [3.05, 3.63) is 89.5 Å². The first kappa shape index (κ1) is 22.9. The summed E-state index contributed by atoms with van der Waals surface area (Å²) in [6.45, 7) is 0.164. The molecule has 0 fully saturated rings. The molecule has 2 heterocycles. The monoisotopic (exact) mass is 511 g/mol. The molecule has 0 unspecified atom stereocenters. The Morgan fingerprint density at radius 3 is 2.40 bits per heavy atom. The Hall–Kier alpha value is -3.82. The average Bonchev–Trinajstić information content (AvgIpc) is 3.16. The number of hydrogen-bond donors (Lipinski definition) is 2. The van der Waals surface area contributed by atoms with Crippen LogP contribution >= 0.6 is 11.6 Å². The largest absolute Gasteiger partial charge is 0.505 e. The number of fused-ring (bicyclic) bond motifs is 2. The van der Waals surface area contributed by atoms with E-state index in [2.05, 4.69) is 4.98 Å². The van der Waals surface area contributed by atoms with Crippen LogP contribution in [0.4, 0.5) is 10.1 Å². The van der Waals surface area contributed by atoms with E-state index in [9.17, 15) is 23.0 Å². The number of benzene rings is 3. The molecule has 178 valence electrons. The summed E-state index contributed by atoms with van der Waals surface area (Å²) in [5.41, 5.74) is 1.08. The lowest BCUT2D eigenvalue weighted by Crippen LogP contribution is -2.27. The molecule has 35 heavy (non-hydrogen) atoms. The van der Waals surface area contributed by atoms with E-state index >= 15 is 0 Å². The summed E-state index contributed by atoms with van der Waals surface area (Å²) < 4.78 is 42.9. The lowest BCUT2D eigenvalue weighted by Gasteiger charge is -2.22. The predicted molar refractivity (Wildman–Crippen MR) is 133 cm³/mol. The molecule has 0 radical (unpaired) electrons. The Balaban J connectivity index is 1.76. The molecule has 0 aliphatic rings. The molecule has 0 amide bonds. The molecule has 5 aromatic rings. The van der Waals surface area contributed by atoms with Crippen LogP contribution in [0.1, 0.15) is 5.56 Å². The van der Waals surface area contributed by atoms with Crippen molar-refractivity contribution in [1.29, 1.82) is 0 Å². The molecule has 2 N–H and O–H groups in total. The molecule has 0 saturated heterocycles. The average molecular weight is 512 g/mol. The lowest BCUT2D eigenvalue weighted by atomic mass is 10.1. The van der Waals surface area contributed by atoms with E-state index in [4.69, 9.17) is 11.6 Å². The summed E-state index contributed by atoms with van der Waals surface area (Å²) in [5, 5.41) is 23.2. The van der Waals surface area contributed by atoms with Gasteiger partial charge in [-0.05, 0) is 54.1 Å². The fourth-order valence-corrected chi connectivity index (χ4v) is 5.50. The highest BCUT2D eigenvalue weighted by Gasteiger charge is 2.29. The van der Waals surface area contributed by atoms with E-state index < -0.39 is 10.0 Å². The van der Waals surface area contributed by atoms with Gasteiger partial charge < -0.3 is 14.8 Å². The van der Waals surface area contributed by atoms with Gasteiger partial charge in [-0.2, -0.15) is 0 Å². The van der Waals surface area contributed by atoms with Gasteiger partial charge in [0.15, 0.2) is 5.75 Å². The first-order chi connectivity index (χ1) is 16.7. The van der Waals surface area contributed by atoms with Gasteiger partial charge in [-0.1, -0.05) is 23.7 Å². The topological polar surface area (TPSA) is 95.7 Å². The highest BCUT2D eigenvalue weighted by atomic mass is 35.5. The summed E-state index contributed by atoms with van der Waals surface area (Å²) in [7, 11) is -2.64. The fraction of sp³-hybridized carbons (Fsp3) is 0.0800. The maximum absolute atomic E-state index is 13.5. The second kappa shape index (κ2) is 8.44. The Kier molecular flexibility index (Phi) is 5.53. The van der Waals surface area contributed by atoms with Crippen molar-refractivity contribution in [1.82, 2.24) is 9.55 Å². The van der Waals surface area contributed by atoms with Crippen LogP contribution in [0.15, 0.2) is 78.0 Å². The molecule has 0 spiro atoms. The van der Waals surface area contributed by atoms with E-state index in [0.717, 1.165) is 4.31 Å². The van der Waals surface area contributed by atoms with Gasteiger partial charge in [0.1, 0.15) is 11.3 Å². The minimum atomic E-state index is -4.04. The Morgan fingerprint density at radius 2 is 1.71 bits per heavy atom. The third-order valence-corrected chi connectivity index (χ3v) is 7.91. The standard InChI is InChI=1S/C25H19ClFN3O4S/c1-29(35(33,34)18-10-6-16(26)7-11-18)23-19-3-2-12-28-22(19)24(31)21-20(23)14-30(25(21)32)13-15-4-8-17(27)9-5-15/h2-12,14,31-32H,13H2,1H3. The van der Waals surface area contributed by atoms with Crippen LogP contribution in [0, 0.1) is 5.82 Å². The maximum atomic E-state index is 13.5. The van der Waals surface area contributed by atoms with Crippen LogP contribution in [0.2, 0.25) is 5.02 Å². The van der Waals surface area contributed by atoms with E-state index in [1.165, 1.54) is 54.2 Å². The first-order valence-electron chi connectivity index (χ1n) is 10.5. The number of sulfonamides is 1. The highest BCUT2D eigenvalue weighted by molar-refractivity contribution is 7.92. The Bertz CT molecular complexity index is 1690. The zero-order valence-electron chi connectivity index (χ0n) is 18.4. The normalized spacial score (nSPS) is 11.9. The van der Waals surface area contributed by atoms with Gasteiger partial charge >= 0.3 is 0 Å². The Labute approximate surface area is 205 Å². The zero-order chi connectivity index (χ0) is 24.9. The number of pyridine rings is 1. The summed E-state index contributed by atoms with van der Waals surface area (Å²) >= 11 is 5.93. The summed E-state index contributed by atoms with van der Waals surface area (Å²) in [5.74, 6) is -0.929. The van der Waals surface area contributed by atoms with Crippen LogP contribution in [0.5, 0.6) is 11.6 Å². The molecule has 3 aromatic carbocycles. The Morgan fingerprint density at radius 1 is 1.03 bits per heavy atom. The molecule has 0 aliphatic carbocycles. The van der Waals surface area contributed by atoms with Gasteiger partial charge in [-0.3, -0.25) is 9.29 Å². The van der Waals surface area contributed by atoms with E-state index in [1.54, 1.807) is 30.5 Å². The van der Waals surface area contributed by atoms with Crippen molar-refractivity contribution < 1.29 is 23.0 Å². The molecule has 7 nitrogen and oxygen atoms in total. The van der Waals surface area contributed by atoms with Crippen molar-refractivity contribution in [2.24, 2.45) is 0 Å². The van der Waals surface area contributed by atoms with Crippen LogP contribution in [-0.4, -0.2) is 35.2 Å². The van der Waals surface area contributed by atoms with E-state index in [1.807, 2.05) is 0 Å². The van der Waals surface area contributed by atoms with Crippen molar-refractivity contribution in [3.63, 3.8) is 0 Å². The van der Waals surface area contributed by atoms with Crippen LogP contribution in [0.3, 0.4) is 0 Å². The van der Waals surface area contributed by atoms with Gasteiger partial charge in [0, 0.05) is 35.2 Å². The van der Waals surface area contributed by atoms with Crippen molar-refractivity contribution in [2.45, 2.75) is 11.4 Å². The number of phenols is 1. The van der Waals surface area contributed by atoms with Crippen LogP contribution in [0.25, 0.3) is 21.7 Å². The second-order valence-corrected chi connectivity index (χ2v) is 10.4. The summed E-state index contributed by atoms with van der Waals surface area (Å²) in [4.78, 5) is 4.26. The zero-order valence-corrected chi connectivity index (χ0v) is 19.9. The SMILES string of the molecule is CN(c1c2cccnc2c(O)c2c(O)n(Cc3ccc(F)cc3)cc12)S(=O)(=O)c1ccc(Cl)cc1. The third-order valence-electron chi connectivity index (χ3n) is 5.88. The minimum Gasteiger partial charge on any atom is -0.505 e. The molecule has 10 heteroatoms. The molecular formula is C25H19ClFN3O4S. The van der Waals surface area contributed by atoms with Gasteiger partial charge in [0.05, 0.1) is 22.5 Å². The van der Waals surface area contributed by atoms with E-state index in [-0.39, 0.29) is 45.5 Å². The molecule has 5 rings (SSSR count). The number of rotatable bonds is 5. The van der Waals surface area contributed by atoms with E-state index in [0.29, 0.717) is 21.4 Å². The smallest absolute Gasteiger partial charge is 0.264 e. The van der Waals surface area contributed by atoms with Crippen molar-refractivity contribution in [2.75, 3.05) is 11.4 Å². The molecular weight excluding hydrogens is 493 g/mol. The highest BCUT2D eigenvalue weighted by Crippen LogP contribution is 2.47. The van der Waals surface area contributed by atoms with Gasteiger partial charge in [-0.15, -0.1) is 0 Å². The predicted octanol–water partition coefficient (Wildman–Crippen LogP) is 5.27. The van der Waals surface area contributed by atoms with Crippen LogP contribution < -0.4 is 4.31 Å². The number of halogens is 2. The van der Waals surface area contributed by atoms with Gasteiger partial charge in [-0.25, -0.2) is 12.8 Å². The quantitative estimate of drug-likeness (QED) is 0.335. The third kappa shape index (κ3) is 3.82. The summed E-state index contributed by atoms with van der Waals surface area (Å²) in [6, 6.07) is 14.8. The van der Waals surface area contributed by atoms with Crippen molar-refractivity contribution >= 4 is 49.0 Å². The first-order valence-corrected chi connectivity index (χ1v) is 12.3. The number of nitrogens with zero attached hydrogens (tertiary/aromatic N) is 3. The summed E-state index contributed by atoms with van der Waals surface area (Å²) in [6.07, 6.45) is 3.03. The van der Waals surface area contributed by atoms with Gasteiger partial charge in [0.25, 0.3) is 10.0 Å². The number of phenolic OH excluding ortho intramolecular Hbond substituents is 1. The van der Waals surface area contributed by atoms with Crippen LogP contribution in [-0.2, 0) is 16.6 Å². The molecule has 0 atom stereocenters. The molecule has 2 aromatic heterocycles. The number of anilines is 1. The van der Waals surface area contributed by atoms with Crippen molar-refractivity contribution in [3.8, 4) is 11.6 Å². The van der Waals surface area contributed by atoms with Gasteiger partial charge in [0.2, 0.25) is 5.88 Å². The maximum Gasteiger partial charge on any atom is 0.264 e. The molecule has 0 aliphatic heterocycles. The fourth-order valence-electron chi connectivity index (χ4n) is 4.14. The number of hydrogen-bond acceptors (Lipinski definition) is 5. The lowest BCUT2D eigenvalue weighted by molar-refractivity contribution is 0.425. The molecule has 0 bridgehead atoms. The minimum absolute atomic E-state index is 0.0256. The number of aromatic nitrogens is 2. The molecule has 0 saturated carbocycles.